The van der Waals surface area contributed by atoms with Gasteiger partial charge in [-0.15, -0.1) is 0 Å². The van der Waals surface area contributed by atoms with E-state index in [-0.39, 0.29) is 27.4 Å². The second kappa shape index (κ2) is 8.71. The van der Waals surface area contributed by atoms with Gasteiger partial charge in [0.1, 0.15) is 4.90 Å². The van der Waals surface area contributed by atoms with Crippen molar-refractivity contribution in [3.8, 4) is 0 Å². The molecule has 1 aliphatic rings. The highest BCUT2D eigenvalue weighted by atomic mass is 35.5. The fraction of sp³-hybridized carbons (Fsp3) is 0.263. The Balaban J connectivity index is 1.73. The quantitative estimate of drug-likeness (QED) is 0.721. The first-order chi connectivity index (χ1) is 13.7. The number of hydrogen-bond donors (Lipinski definition) is 2. The van der Waals surface area contributed by atoms with E-state index < -0.39 is 21.8 Å². The summed E-state index contributed by atoms with van der Waals surface area (Å²) in [5.41, 5.74) is 6.03. The molecule has 1 atom stereocenters. The number of halogens is 2. The van der Waals surface area contributed by atoms with Gasteiger partial charge in [-0.25, -0.2) is 8.42 Å². The number of hydrogen-bond acceptors (Lipinski definition) is 4. The van der Waals surface area contributed by atoms with Crippen LogP contribution in [0.25, 0.3) is 0 Å². The van der Waals surface area contributed by atoms with Crippen molar-refractivity contribution >= 4 is 50.7 Å². The molecular weight excluding hydrogens is 437 g/mol. The highest BCUT2D eigenvalue weighted by Crippen LogP contribution is 2.30. The molecular formula is C19H19Cl2N3O4S. The lowest BCUT2D eigenvalue weighted by Gasteiger charge is -2.31. The van der Waals surface area contributed by atoms with Crippen LogP contribution in [0.3, 0.4) is 0 Å². The number of nitrogens with zero attached hydrogens (tertiary/aromatic N) is 1. The lowest BCUT2D eigenvalue weighted by Crippen LogP contribution is -2.43. The van der Waals surface area contributed by atoms with Gasteiger partial charge in [0, 0.05) is 29.4 Å². The Bertz CT molecular complexity index is 1040. The van der Waals surface area contributed by atoms with E-state index in [9.17, 15) is 18.0 Å². The van der Waals surface area contributed by atoms with Gasteiger partial charge in [0.05, 0.1) is 10.9 Å². The predicted octanol–water partition coefficient (Wildman–Crippen LogP) is 3.13. The zero-order chi connectivity index (χ0) is 21.2. The van der Waals surface area contributed by atoms with Gasteiger partial charge in [-0.1, -0.05) is 23.2 Å². The third-order valence-electron chi connectivity index (χ3n) is 4.70. The van der Waals surface area contributed by atoms with Crippen LogP contribution in [0.15, 0.2) is 47.4 Å². The summed E-state index contributed by atoms with van der Waals surface area (Å²) in [6.45, 7) is 0.332. The summed E-state index contributed by atoms with van der Waals surface area (Å²) >= 11 is 12.0. The van der Waals surface area contributed by atoms with E-state index in [4.69, 9.17) is 28.9 Å². The number of anilines is 1. The van der Waals surface area contributed by atoms with Gasteiger partial charge in [-0.05, 0) is 55.3 Å². The van der Waals surface area contributed by atoms with Gasteiger partial charge < -0.3 is 11.1 Å². The van der Waals surface area contributed by atoms with Gasteiger partial charge in [0.25, 0.3) is 0 Å². The zero-order valence-electron chi connectivity index (χ0n) is 15.3. The standard InChI is InChI=1S/C19H19Cl2N3O4S/c20-14-5-8-16(21)17(10-14)29(27,28)24-9-1-2-13(11-24)19(26)23-15-6-3-12(4-7-15)18(22)25/h3-8,10,13H,1-2,9,11H2,(H2,22,25)(H,23,26)/t13-/m1/s1. The van der Waals surface area contributed by atoms with Crippen molar-refractivity contribution in [2.45, 2.75) is 17.7 Å². The molecule has 154 valence electrons. The summed E-state index contributed by atoms with van der Waals surface area (Å²) in [4.78, 5) is 23.7. The minimum absolute atomic E-state index is 0.0381. The minimum atomic E-state index is -3.88. The third kappa shape index (κ3) is 4.90. The number of piperidine rings is 1. The first kappa shape index (κ1) is 21.6. The number of rotatable bonds is 5. The maximum Gasteiger partial charge on any atom is 0.248 e. The van der Waals surface area contributed by atoms with Crippen LogP contribution in [-0.2, 0) is 14.8 Å². The summed E-state index contributed by atoms with van der Waals surface area (Å²) in [5, 5.41) is 3.09. The predicted molar refractivity (Wildman–Crippen MR) is 112 cm³/mol. The summed E-state index contributed by atoms with van der Waals surface area (Å²) in [6.07, 6.45) is 1.09. The lowest BCUT2D eigenvalue weighted by molar-refractivity contribution is -0.120. The van der Waals surface area contributed by atoms with E-state index in [1.165, 1.54) is 34.6 Å². The fourth-order valence-corrected chi connectivity index (χ4v) is 5.41. The Morgan fingerprint density at radius 2 is 1.79 bits per heavy atom. The average Bonchev–Trinajstić information content (AvgIpc) is 2.70. The van der Waals surface area contributed by atoms with E-state index in [1.807, 2.05) is 0 Å². The molecule has 7 nitrogen and oxygen atoms in total. The molecule has 1 heterocycles. The Morgan fingerprint density at radius 1 is 1.10 bits per heavy atom. The highest BCUT2D eigenvalue weighted by Gasteiger charge is 2.34. The van der Waals surface area contributed by atoms with Crippen LogP contribution < -0.4 is 11.1 Å². The molecule has 1 fully saturated rings. The minimum Gasteiger partial charge on any atom is -0.366 e. The Hall–Kier alpha value is -2.13. The molecule has 0 spiro atoms. The van der Waals surface area contributed by atoms with Gasteiger partial charge in [0.2, 0.25) is 21.8 Å². The van der Waals surface area contributed by atoms with Crippen LogP contribution in [0.4, 0.5) is 5.69 Å². The molecule has 1 saturated heterocycles. The number of nitrogens with one attached hydrogen (secondary N) is 1. The van der Waals surface area contributed by atoms with Crippen molar-refractivity contribution in [1.82, 2.24) is 4.31 Å². The SMILES string of the molecule is NC(=O)c1ccc(NC(=O)[C@@H]2CCCN(S(=O)(=O)c3cc(Cl)ccc3Cl)C2)cc1. The van der Waals surface area contributed by atoms with Crippen LogP contribution in [0.1, 0.15) is 23.2 Å². The molecule has 0 bridgehead atoms. The molecule has 2 amide bonds. The van der Waals surface area contributed by atoms with Crippen molar-refractivity contribution in [1.29, 1.82) is 0 Å². The first-order valence-corrected chi connectivity index (χ1v) is 11.0. The molecule has 2 aromatic rings. The van der Waals surface area contributed by atoms with Crippen LogP contribution >= 0.6 is 23.2 Å². The van der Waals surface area contributed by atoms with Gasteiger partial charge >= 0.3 is 0 Å². The Morgan fingerprint density at radius 3 is 2.45 bits per heavy atom. The average molecular weight is 456 g/mol. The lowest BCUT2D eigenvalue weighted by atomic mass is 9.98. The van der Waals surface area contributed by atoms with Gasteiger partial charge in [0.15, 0.2) is 0 Å². The van der Waals surface area contributed by atoms with Gasteiger partial charge in [-0.2, -0.15) is 4.31 Å². The molecule has 3 rings (SSSR count). The maximum atomic E-state index is 13.0. The first-order valence-electron chi connectivity index (χ1n) is 8.84. The number of primary amides is 1. The number of carbonyl (C=O) groups is 2. The molecule has 0 aromatic heterocycles. The molecule has 10 heteroatoms. The number of sulfonamides is 1. The van der Waals surface area contributed by atoms with E-state index >= 15 is 0 Å². The van der Waals surface area contributed by atoms with Crippen molar-refractivity contribution < 1.29 is 18.0 Å². The smallest absolute Gasteiger partial charge is 0.248 e. The van der Waals surface area contributed by atoms with Gasteiger partial charge in [-0.3, -0.25) is 9.59 Å². The van der Waals surface area contributed by atoms with Crippen LogP contribution in [0.2, 0.25) is 10.0 Å². The van der Waals surface area contributed by atoms with Crippen molar-refractivity contribution in [2.75, 3.05) is 18.4 Å². The normalized spacial score (nSPS) is 17.7. The molecule has 2 aromatic carbocycles. The monoisotopic (exact) mass is 455 g/mol. The maximum absolute atomic E-state index is 13.0. The summed E-state index contributed by atoms with van der Waals surface area (Å²) in [6, 6.07) is 10.4. The van der Waals surface area contributed by atoms with E-state index in [1.54, 1.807) is 12.1 Å². The Kier molecular flexibility index (Phi) is 6.48. The zero-order valence-corrected chi connectivity index (χ0v) is 17.6. The summed E-state index contributed by atoms with van der Waals surface area (Å²) in [7, 11) is -3.88. The highest BCUT2D eigenvalue weighted by molar-refractivity contribution is 7.89. The summed E-state index contributed by atoms with van der Waals surface area (Å²) < 4.78 is 27.2. The number of amides is 2. The molecule has 0 saturated carbocycles. The number of nitrogens with two attached hydrogens (primary N) is 1. The second-order valence-electron chi connectivity index (χ2n) is 6.71. The fourth-order valence-electron chi connectivity index (χ4n) is 3.15. The third-order valence-corrected chi connectivity index (χ3v) is 7.28. The molecule has 1 aliphatic heterocycles. The molecule has 0 radical (unpaired) electrons. The summed E-state index contributed by atoms with van der Waals surface area (Å²) in [5.74, 6) is -1.38. The Labute approximate surface area is 178 Å². The van der Waals surface area contributed by atoms with Crippen molar-refractivity contribution in [3.05, 3.63) is 58.1 Å². The number of carbonyl (C=O) groups excluding carboxylic acids is 2. The van der Waals surface area contributed by atoms with E-state index in [0.717, 1.165) is 0 Å². The van der Waals surface area contributed by atoms with E-state index in [0.29, 0.717) is 30.6 Å². The second-order valence-corrected chi connectivity index (χ2v) is 9.46. The largest absolute Gasteiger partial charge is 0.366 e. The molecule has 0 unspecified atom stereocenters. The number of benzene rings is 2. The molecule has 29 heavy (non-hydrogen) atoms. The topological polar surface area (TPSA) is 110 Å². The van der Waals surface area contributed by atoms with Crippen LogP contribution in [0, 0.1) is 5.92 Å². The van der Waals surface area contributed by atoms with Crippen molar-refractivity contribution in [3.63, 3.8) is 0 Å². The molecule has 3 N–H and O–H groups in total. The van der Waals surface area contributed by atoms with Crippen LogP contribution in [-0.4, -0.2) is 37.6 Å². The molecule has 0 aliphatic carbocycles. The van der Waals surface area contributed by atoms with Crippen molar-refractivity contribution in [2.24, 2.45) is 11.7 Å². The van der Waals surface area contributed by atoms with E-state index in [2.05, 4.69) is 5.32 Å². The van der Waals surface area contributed by atoms with Crippen LogP contribution in [0.5, 0.6) is 0 Å².